The maximum Gasteiger partial charge on any atom is 0.248 e. The smallest absolute Gasteiger partial charge is 0.248 e. The normalized spacial score (nSPS) is 14.7. The van der Waals surface area contributed by atoms with Crippen LogP contribution in [0.4, 0.5) is 0 Å². The van der Waals surface area contributed by atoms with E-state index in [9.17, 15) is 0 Å². The van der Waals surface area contributed by atoms with Crippen LogP contribution in [0.1, 0.15) is 36.3 Å². The Kier molecular flexibility index (Phi) is 3.83. The highest BCUT2D eigenvalue weighted by Crippen LogP contribution is 2.24. The molecule has 3 rings (SSSR count). The van der Waals surface area contributed by atoms with Crippen molar-refractivity contribution in [2.45, 2.75) is 45.6 Å². The second kappa shape index (κ2) is 5.75. The van der Waals surface area contributed by atoms with Crippen LogP contribution in [0, 0.1) is 13.8 Å². The molecule has 0 spiro atoms. The van der Waals surface area contributed by atoms with Gasteiger partial charge < -0.3 is 9.73 Å². The van der Waals surface area contributed by atoms with Gasteiger partial charge in [0, 0.05) is 18.0 Å². The van der Waals surface area contributed by atoms with Gasteiger partial charge >= 0.3 is 0 Å². The second-order valence-corrected chi connectivity index (χ2v) is 5.58. The molecule has 0 atom stereocenters. The van der Waals surface area contributed by atoms with Crippen LogP contribution in [0.15, 0.2) is 22.6 Å². The third-order valence-corrected chi connectivity index (χ3v) is 3.88. The lowest BCUT2D eigenvalue weighted by atomic mass is 10.0. The molecule has 0 bridgehead atoms. The van der Waals surface area contributed by atoms with E-state index in [0.717, 1.165) is 36.9 Å². The molecule has 1 fully saturated rings. The Morgan fingerprint density at radius 2 is 2.10 bits per heavy atom. The lowest BCUT2D eigenvalue weighted by Gasteiger charge is -2.03. The Balaban J connectivity index is 1.62. The van der Waals surface area contributed by atoms with Gasteiger partial charge in [-0.15, -0.1) is 10.2 Å². The highest BCUT2D eigenvalue weighted by Gasteiger charge is 2.19. The minimum Gasteiger partial charge on any atom is -0.421 e. The molecule has 1 N–H and O–H groups in total. The van der Waals surface area contributed by atoms with Crippen molar-refractivity contribution < 1.29 is 4.42 Å². The van der Waals surface area contributed by atoms with Gasteiger partial charge in [0.1, 0.15) is 0 Å². The molecule has 0 radical (unpaired) electrons. The molecule has 1 aliphatic rings. The molecule has 4 heteroatoms. The van der Waals surface area contributed by atoms with Crippen molar-refractivity contribution in [1.29, 1.82) is 0 Å². The molecule has 1 aliphatic carbocycles. The summed E-state index contributed by atoms with van der Waals surface area (Å²) in [5.41, 5.74) is 3.49. The first-order chi connectivity index (χ1) is 9.74. The van der Waals surface area contributed by atoms with Crippen molar-refractivity contribution in [3.63, 3.8) is 0 Å². The lowest BCUT2D eigenvalue weighted by Crippen LogP contribution is -2.17. The number of hydrogen-bond donors (Lipinski definition) is 1. The summed E-state index contributed by atoms with van der Waals surface area (Å²) in [6.45, 7) is 5.22. The molecule has 1 saturated carbocycles. The fourth-order valence-electron chi connectivity index (χ4n) is 2.28. The van der Waals surface area contributed by atoms with Gasteiger partial charge in [-0.1, -0.05) is 12.1 Å². The van der Waals surface area contributed by atoms with E-state index in [1.807, 2.05) is 12.1 Å². The number of aromatic nitrogens is 2. The van der Waals surface area contributed by atoms with Gasteiger partial charge in [0.05, 0.1) is 0 Å². The zero-order chi connectivity index (χ0) is 13.9. The predicted octanol–water partition coefficient (Wildman–Crippen LogP) is 3.04. The maximum absolute atomic E-state index is 5.78. The summed E-state index contributed by atoms with van der Waals surface area (Å²) < 4.78 is 5.78. The standard InChI is InChI=1S/C16H21N3O/c1-11-5-3-6-14(12(11)2)16-19-18-15(20-16)7-4-10-17-13-8-9-13/h3,5-6,13,17H,4,7-10H2,1-2H3. The van der Waals surface area contributed by atoms with Crippen LogP contribution in [-0.2, 0) is 6.42 Å². The van der Waals surface area contributed by atoms with Crippen LogP contribution in [0.25, 0.3) is 11.5 Å². The van der Waals surface area contributed by atoms with Gasteiger partial charge in [-0.3, -0.25) is 0 Å². The Morgan fingerprint density at radius 1 is 1.25 bits per heavy atom. The Morgan fingerprint density at radius 3 is 2.90 bits per heavy atom. The van der Waals surface area contributed by atoms with Crippen molar-refractivity contribution >= 4 is 0 Å². The molecule has 0 aliphatic heterocycles. The summed E-state index contributed by atoms with van der Waals surface area (Å²) in [7, 11) is 0. The maximum atomic E-state index is 5.78. The van der Waals surface area contributed by atoms with Crippen LogP contribution < -0.4 is 5.32 Å². The predicted molar refractivity (Wildman–Crippen MR) is 78.6 cm³/mol. The quantitative estimate of drug-likeness (QED) is 0.820. The van der Waals surface area contributed by atoms with Gasteiger partial charge in [0.2, 0.25) is 11.8 Å². The molecular weight excluding hydrogens is 250 g/mol. The lowest BCUT2D eigenvalue weighted by molar-refractivity contribution is 0.490. The number of rotatable bonds is 6. The number of hydrogen-bond acceptors (Lipinski definition) is 4. The number of aryl methyl sites for hydroxylation is 2. The van der Waals surface area contributed by atoms with Crippen LogP contribution in [0.5, 0.6) is 0 Å². The van der Waals surface area contributed by atoms with Crippen LogP contribution in [0.3, 0.4) is 0 Å². The Bertz CT molecular complexity index is 587. The number of nitrogens with zero attached hydrogens (tertiary/aromatic N) is 2. The molecular formula is C16H21N3O. The highest BCUT2D eigenvalue weighted by molar-refractivity contribution is 5.59. The zero-order valence-electron chi connectivity index (χ0n) is 12.1. The van der Waals surface area contributed by atoms with Gasteiger partial charge in [-0.25, -0.2) is 0 Å². The second-order valence-electron chi connectivity index (χ2n) is 5.58. The minimum atomic E-state index is 0.636. The zero-order valence-corrected chi connectivity index (χ0v) is 12.1. The van der Waals surface area contributed by atoms with E-state index in [2.05, 4.69) is 35.4 Å². The van der Waals surface area contributed by atoms with Crippen molar-refractivity contribution in [3.05, 3.63) is 35.2 Å². The van der Waals surface area contributed by atoms with Crippen molar-refractivity contribution in [3.8, 4) is 11.5 Å². The molecule has 1 aromatic heterocycles. The van der Waals surface area contributed by atoms with E-state index in [4.69, 9.17) is 4.42 Å². The first-order valence-corrected chi connectivity index (χ1v) is 7.36. The first kappa shape index (κ1) is 13.3. The molecule has 4 nitrogen and oxygen atoms in total. The van der Waals surface area contributed by atoms with Crippen molar-refractivity contribution in [2.75, 3.05) is 6.54 Å². The first-order valence-electron chi connectivity index (χ1n) is 7.36. The average molecular weight is 271 g/mol. The summed E-state index contributed by atoms with van der Waals surface area (Å²) in [4.78, 5) is 0. The SMILES string of the molecule is Cc1cccc(-c2nnc(CCCNC3CC3)o2)c1C. The average Bonchev–Trinajstić information content (AvgIpc) is 3.15. The molecule has 0 amide bonds. The fraction of sp³-hybridized carbons (Fsp3) is 0.500. The summed E-state index contributed by atoms with van der Waals surface area (Å²) in [6, 6.07) is 6.93. The molecule has 0 saturated heterocycles. The third-order valence-electron chi connectivity index (χ3n) is 3.88. The highest BCUT2D eigenvalue weighted by atomic mass is 16.4. The van der Waals surface area contributed by atoms with Crippen LogP contribution in [-0.4, -0.2) is 22.8 Å². The fourth-order valence-corrected chi connectivity index (χ4v) is 2.28. The molecule has 0 unspecified atom stereocenters. The molecule has 1 heterocycles. The minimum absolute atomic E-state index is 0.636. The monoisotopic (exact) mass is 271 g/mol. The topological polar surface area (TPSA) is 51.0 Å². The van der Waals surface area contributed by atoms with E-state index < -0.39 is 0 Å². The largest absolute Gasteiger partial charge is 0.421 e. The Hall–Kier alpha value is -1.68. The summed E-state index contributed by atoms with van der Waals surface area (Å²) in [5, 5.41) is 11.8. The van der Waals surface area contributed by atoms with Crippen molar-refractivity contribution in [1.82, 2.24) is 15.5 Å². The van der Waals surface area contributed by atoms with E-state index in [-0.39, 0.29) is 0 Å². The van der Waals surface area contributed by atoms with Gasteiger partial charge in [0.25, 0.3) is 0 Å². The van der Waals surface area contributed by atoms with Crippen LogP contribution in [0.2, 0.25) is 0 Å². The Labute approximate surface area is 119 Å². The molecule has 106 valence electrons. The molecule has 20 heavy (non-hydrogen) atoms. The summed E-state index contributed by atoms with van der Waals surface area (Å²) in [5.74, 6) is 1.37. The number of nitrogens with one attached hydrogen (secondary N) is 1. The van der Waals surface area contributed by atoms with Crippen LogP contribution >= 0.6 is 0 Å². The van der Waals surface area contributed by atoms with Gasteiger partial charge in [0.15, 0.2) is 0 Å². The third kappa shape index (κ3) is 3.07. The van der Waals surface area contributed by atoms with E-state index in [1.54, 1.807) is 0 Å². The van der Waals surface area contributed by atoms with Gasteiger partial charge in [-0.05, 0) is 56.8 Å². The summed E-state index contributed by atoms with van der Waals surface area (Å²) >= 11 is 0. The molecule has 1 aromatic carbocycles. The van der Waals surface area contributed by atoms with Gasteiger partial charge in [-0.2, -0.15) is 0 Å². The van der Waals surface area contributed by atoms with E-state index in [1.165, 1.54) is 24.0 Å². The van der Waals surface area contributed by atoms with Crippen molar-refractivity contribution in [2.24, 2.45) is 0 Å². The van der Waals surface area contributed by atoms with E-state index >= 15 is 0 Å². The van der Waals surface area contributed by atoms with E-state index in [0.29, 0.717) is 5.89 Å². The summed E-state index contributed by atoms with van der Waals surface area (Å²) in [6.07, 6.45) is 4.55. The number of benzene rings is 1. The molecule has 2 aromatic rings.